The summed E-state index contributed by atoms with van der Waals surface area (Å²) in [7, 11) is -0.374. The smallest absolute Gasteiger partial charge is 0.387 e. The fourth-order valence-electron chi connectivity index (χ4n) is 5.70. The summed E-state index contributed by atoms with van der Waals surface area (Å²) in [6.07, 6.45) is 2.48. The first-order valence-corrected chi connectivity index (χ1v) is 14.1. The van der Waals surface area contributed by atoms with Crippen molar-refractivity contribution in [1.29, 1.82) is 0 Å². The van der Waals surface area contributed by atoms with Gasteiger partial charge in [-0.2, -0.15) is 8.78 Å². The van der Waals surface area contributed by atoms with Crippen LogP contribution >= 0.6 is 7.92 Å². The number of imidazole rings is 1. The minimum absolute atomic E-state index is 0.0239. The molecular formula is C28H25F3N3O2P. The first kappa shape index (κ1) is 24.0. The van der Waals surface area contributed by atoms with Crippen LogP contribution in [-0.2, 0) is 0 Å². The van der Waals surface area contributed by atoms with Gasteiger partial charge in [-0.3, -0.25) is 4.79 Å². The van der Waals surface area contributed by atoms with Crippen molar-refractivity contribution in [2.75, 3.05) is 12.3 Å². The highest BCUT2D eigenvalue weighted by Gasteiger charge is 2.42. The molecule has 4 aromatic rings. The molecule has 2 aliphatic rings. The van der Waals surface area contributed by atoms with Gasteiger partial charge in [-0.15, -0.1) is 0 Å². The van der Waals surface area contributed by atoms with Gasteiger partial charge in [0.25, 0.3) is 5.91 Å². The van der Waals surface area contributed by atoms with Crippen molar-refractivity contribution in [3.63, 3.8) is 0 Å². The van der Waals surface area contributed by atoms with Gasteiger partial charge >= 0.3 is 6.61 Å². The highest BCUT2D eigenvalue weighted by atomic mass is 31.1. The zero-order chi connectivity index (χ0) is 25.8. The van der Waals surface area contributed by atoms with Gasteiger partial charge in [-0.05, 0) is 59.9 Å². The molecule has 0 fully saturated rings. The Morgan fingerprint density at radius 1 is 1.11 bits per heavy atom. The standard InChI is InChI=1S/C28H25F3N3O2P/c1-3-37(4-2)16-9-10-17(19(29)13-16)15-8-11-20-22(12-15)34-23-14-21(26(34)32-20)33-27(35)18-6-5-7-24(25(18)23)36-28(30)31/h5-13,21,23,28H,3-4,14H2,1-2H3,(H,33,35). The molecule has 3 aromatic carbocycles. The van der Waals surface area contributed by atoms with Crippen LogP contribution in [0.25, 0.3) is 22.2 Å². The lowest BCUT2D eigenvalue weighted by Crippen LogP contribution is -2.28. The molecule has 0 radical (unpaired) electrons. The Hall–Kier alpha value is -3.38. The van der Waals surface area contributed by atoms with Crippen LogP contribution in [0.4, 0.5) is 13.2 Å². The lowest BCUT2D eigenvalue weighted by molar-refractivity contribution is -0.0507. The molecule has 0 saturated carbocycles. The number of benzene rings is 3. The molecule has 1 amide bonds. The minimum atomic E-state index is -3.02. The minimum Gasteiger partial charge on any atom is -0.434 e. The monoisotopic (exact) mass is 523 g/mol. The van der Waals surface area contributed by atoms with E-state index in [1.807, 2.05) is 34.9 Å². The van der Waals surface area contributed by atoms with Crippen LogP contribution in [0.2, 0.25) is 0 Å². The summed E-state index contributed by atoms with van der Waals surface area (Å²) in [5, 5.41) is 4.04. The van der Waals surface area contributed by atoms with Gasteiger partial charge in [0.1, 0.15) is 17.4 Å². The van der Waals surface area contributed by atoms with E-state index in [2.05, 4.69) is 19.2 Å². The zero-order valence-corrected chi connectivity index (χ0v) is 21.2. The second-order valence-corrected chi connectivity index (χ2v) is 12.1. The number of hydrogen-bond acceptors (Lipinski definition) is 3. The van der Waals surface area contributed by atoms with Gasteiger partial charge in [-0.1, -0.05) is 46.0 Å². The van der Waals surface area contributed by atoms with Gasteiger partial charge in [0.15, 0.2) is 0 Å². The van der Waals surface area contributed by atoms with E-state index < -0.39 is 12.7 Å². The van der Waals surface area contributed by atoms with Crippen LogP contribution in [0, 0.1) is 5.82 Å². The Morgan fingerprint density at radius 2 is 1.92 bits per heavy atom. The van der Waals surface area contributed by atoms with Gasteiger partial charge in [-0.25, -0.2) is 9.37 Å². The number of ether oxygens (including phenoxy) is 1. The number of carbonyl (C=O) groups is 1. The number of halogens is 3. The van der Waals surface area contributed by atoms with Crippen LogP contribution in [0.3, 0.4) is 0 Å². The van der Waals surface area contributed by atoms with E-state index in [0.717, 1.165) is 23.1 Å². The average Bonchev–Trinajstić information content (AvgIpc) is 3.36. The topological polar surface area (TPSA) is 56.2 Å². The Balaban J connectivity index is 1.49. The second kappa shape index (κ2) is 9.18. The van der Waals surface area contributed by atoms with Crippen LogP contribution in [0.15, 0.2) is 54.6 Å². The molecule has 9 heteroatoms. The molecule has 1 aromatic heterocycles. The number of nitrogens with one attached hydrogen (secondary N) is 1. The molecular weight excluding hydrogens is 498 g/mol. The molecule has 5 nitrogen and oxygen atoms in total. The van der Waals surface area contributed by atoms with Crippen LogP contribution in [-0.4, -0.2) is 34.4 Å². The summed E-state index contributed by atoms with van der Waals surface area (Å²) in [6, 6.07) is 14.9. The predicted octanol–water partition coefficient (Wildman–Crippen LogP) is 6.37. The van der Waals surface area contributed by atoms with Crippen LogP contribution in [0.5, 0.6) is 5.75 Å². The molecule has 2 atom stereocenters. The van der Waals surface area contributed by atoms with E-state index in [0.29, 0.717) is 40.0 Å². The van der Waals surface area contributed by atoms with Crippen LogP contribution < -0.4 is 15.4 Å². The molecule has 2 aliphatic heterocycles. The number of aromatic nitrogens is 2. The maximum absolute atomic E-state index is 15.3. The lowest BCUT2D eigenvalue weighted by atomic mass is 9.97. The van der Waals surface area contributed by atoms with Crippen molar-refractivity contribution in [3.05, 3.63) is 77.4 Å². The van der Waals surface area contributed by atoms with Crippen molar-refractivity contribution in [3.8, 4) is 16.9 Å². The summed E-state index contributed by atoms with van der Waals surface area (Å²) < 4.78 is 48.6. The number of rotatable bonds is 6. The summed E-state index contributed by atoms with van der Waals surface area (Å²) in [5.74, 6) is 0.00941. The lowest BCUT2D eigenvalue weighted by Gasteiger charge is -2.21. The molecule has 37 heavy (non-hydrogen) atoms. The summed E-state index contributed by atoms with van der Waals surface area (Å²) in [5.41, 5.74) is 3.36. The Kier molecular flexibility index (Phi) is 5.95. The van der Waals surface area contributed by atoms with E-state index in [1.165, 1.54) is 12.1 Å². The van der Waals surface area contributed by atoms with E-state index >= 15 is 4.39 Å². The summed E-state index contributed by atoms with van der Waals surface area (Å²) >= 11 is 0. The van der Waals surface area contributed by atoms with Crippen LogP contribution in [0.1, 0.15) is 54.1 Å². The molecule has 190 valence electrons. The number of nitrogens with zero attached hydrogens (tertiary/aromatic N) is 2. The number of fused-ring (bicyclic) bond motifs is 9. The van der Waals surface area contributed by atoms with Crippen molar-refractivity contribution in [2.45, 2.75) is 39.0 Å². The molecule has 2 bridgehead atoms. The number of amides is 1. The molecule has 1 N–H and O–H groups in total. The van der Waals surface area contributed by atoms with E-state index in [-0.39, 0.29) is 31.4 Å². The summed E-state index contributed by atoms with van der Waals surface area (Å²) in [4.78, 5) is 17.7. The summed E-state index contributed by atoms with van der Waals surface area (Å²) in [6.45, 7) is 1.24. The normalized spacial score (nSPS) is 18.2. The second-order valence-electron chi connectivity index (χ2n) is 9.25. The third kappa shape index (κ3) is 3.89. The molecule has 0 saturated heterocycles. The quantitative estimate of drug-likeness (QED) is 0.299. The van der Waals surface area contributed by atoms with Gasteiger partial charge < -0.3 is 14.6 Å². The van der Waals surface area contributed by atoms with Crippen molar-refractivity contribution in [2.24, 2.45) is 0 Å². The van der Waals surface area contributed by atoms with Crippen molar-refractivity contribution >= 4 is 30.2 Å². The molecule has 3 heterocycles. The Labute approximate surface area is 213 Å². The predicted molar refractivity (Wildman–Crippen MR) is 139 cm³/mol. The first-order valence-electron chi connectivity index (χ1n) is 12.3. The third-order valence-corrected chi connectivity index (χ3v) is 9.89. The van der Waals surface area contributed by atoms with Gasteiger partial charge in [0, 0.05) is 16.7 Å². The molecule has 6 rings (SSSR count). The van der Waals surface area contributed by atoms with Crippen molar-refractivity contribution in [1.82, 2.24) is 14.9 Å². The fraction of sp³-hybridized carbons (Fsp3) is 0.286. The maximum Gasteiger partial charge on any atom is 0.387 e. The zero-order valence-electron chi connectivity index (χ0n) is 20.3. The highest BCUT2D eigenvalue weighted by Crippen LogP contribution is 2.47. The highest BCUT2D eigenvalue weighted by molar-refractivity contribution is 7.65. The Bertz CT molecular complexity index is 1530. The van der Waals surface area contributed by atoms with Gasteiger partial charge in [0.05, 0.1) is 23.1 Å². The SMILES string of the molecule is CCP(CC)c1ccc(-c2ccc3nc4n(c3c2)C2CC4NC(=O)c3cccc(OC(F)F)c32)c(F)c1. The molecule has 2 unspecified atom stereocenters. The fourth-order valence-corrected chi connectivity index (χ4v) is 7.46. The number of hydrogen-bond donors (Lipinski definition) is 1. The Morgan fingerprint density at radius 3 is 2.65 bits per heavy atom. The first-order chi connectivity index (χ1) is 17.9. The van der Waals surface area contributed by atoms with E-state index in [4.69, 9.17) is 9.72 Å². The molecule has 0 aliphatic carbocycles. The molecule has 0 spiro atoms. The van der Waals surface area contributed by atoms with E-state index in [9.17, 15) is 13.6 Å². The largest absolute Gasteiger partial charge is 0.434 e. The van der Waals surface area contributed by atoms with Gasteiger partial charge in [0.2, 0.25) is 0 Å². The third-order valence-electron chi connectivity index (χ3n) is 7.36. The number of carbonyl (C=O) groups excluding carboxylic acids is 1. The van der Waals surface area contributed by atoms with E-state index in [1.54, 1.807) is 12.1 Å². The number of alkyl halides is 2. The average molecular weight is 523 g/mol. The maximum atomic E-state index is 15.3. The van der Waals surface area contributed by atoms with Crippen molar-refractivity contribution < 1.29 is 22.7 Å².